The summed E-state index contributed by atoms with van der Waals surface area (Å²) in [6, 6.07) is 29.3. The third-order valence-corrected chi connectivity index (χ3v) is 4.39. The van der Waals surface area contributed by atoms with Crippen molar-refractivity contribution in [2.75, 3.05) is 0 Å². The van der Waals surface area contributed by atoms with Crippen LogP contribution in [0, 0.1) is 0 Å². The van der Waals surface area contributed by atoms with Gasteiger partial charge in [-0.3, -0.25) is 9.98 Å². The Balaban J connectivity index is 1.61. The molecule has 2 atom stereocenters. The average molecular weight is 340 g/mol. The Kier molecular flexibility index (Phi) is 6.10. The van der Waals surface area contributed by atoms with E-state index in [1.807, 2.05) is 48.8 Å². The molecule has 26 heavy (non-hydrogen) atoms. The van der Waals surface area contributed by atoms with Crippen molar-refractivity contribution in [3.63, 3.8) is 0 Å². The molecule has 3 rings (SSSR count). The number of hydrogen-bond acceptors (Lipinski definition) is 2. The SMILES string of the molecule is C[C@H](N=Cc1ccc(C=N[C@@H](C)c2ccccc2)cc1)c1ccccc1. The number of rotatable bonds is 6. The Hall–Kier alpha value is -3.00. The minimum atomic E-state index is 0.157. The lowest BCUT2D eigenvalue weighted by molar-refractivity contribution is 0.825. The molecule has 0 saturated heterocycles. The van der Waals surface area contributed by atoms with Crippen molar-refractivity contribution in [3.8, 4) is 0 Å². The fourth-order valence-corrected chi connectivity index (χ4v) is 2.70. The molecule has 2 nitrogen and oxygen atoms in total. The summed E-state index contributed by atoms with van der Waals surface area (Å²) in [6.07, 6.45) is 3.87. The molecule has 0 saturated carbocycles. The highest BCUT2D eigenvalue weighted by molar-refractivity contribution is 5.84. The zero-order chi connectivity index (χ0) is 18.2. The molecular weight excluding hydrogens is 316 g/mol. The number of aliphatic imine (C=N–C) groups is 2. The second-order valence-corrected chi connectivity index (χ2v) is 6.40. The maximum absolute atomic E-state index is 4.65. The van der Waals surface area contributed by atoms with Crippen LogP contribution < -0.4 is 0 Å². The molecule has 130 valence electrons. The van der Waals surface area contributed by atoms with Crippen molar-refractivity contribution < 1.29 is 0 Å². The van der Waals surface area contributed by atoms with E-state index in [1.54, 1.807) is 0 Å². The van der Waals surface area contributed by atoms with Crippen LogP contribution >= 0.6 is 0 Å². The first-order chi connectivity index (χ1) is 12.7. The number of nitrogens with zero attached hydrogens (tertiary/aromatic N) is 2. The fraction of sp³-hybridized carbons (Fsp3) is 0.167. The molecule has 0 radical (unpaired) electrons. The number of hydrogen-bond donors (Lipinski definition) is 0. The summed E-state index contributed by atoms with van der Waals surface area (Å²) in [7, 11) is 0. The van der Waals surface area contributed by atoms with E-state index in [0.29, 0.717) is 0 Å². The lowest BCUT2D eigenvalue weighted by atomic mass is 10.1. The van der Waals surface area contributed by atoms with Gasteiger partial charge in [0.25, 0.3) is 0 Å². The molecule has 0 N–H and O–H groups in total. The molecule has 0 spiro atoms. The highest BCUT2D eigenvalue weighted by Crippen LogP contribution is 2.17. The van der Waals surface area contributed by atoms with Crippen molar-refractivity contribution in [2.24, 2.45) is 9.98 Å². The summed E-state index contributed by atoms with van der Waals surface area (Å²) in [5, 5.41) is 0. The van der Waals surface area contributed by atoms with E-state index in [2.05, 4.69) is 72.4 Å². The predicted octanol–water partition coefficient (Wildman–Crippen LogP) is 6.05. The molecule has 0 aliphatic heterocycles. The van der Waals surface area contributed by atoms with E-state index in [4.69, 9.17) is 0 Å². The van der Waals surface area contributed by atoms with Crippen molar-refractivity contribution in [1.82, 2.24) is 0 Å². The van der Waals surface area contributed by atoms with E-state index in [-0.39, 0.29) is 12.1 Å². The maximum Gasteiger partial charge on any atom is 0.0721 e. The monoisotopic (exact) mass is 340 g/mol. The first-order valence-electron chi connectivity index (χ1n) is 8.98. The topological polar surface area (TPSA) is 24.7 Å². The third kappa shape index (κ3) is 5.00. The van der Waals surface area contributed by atoms with Crippen molar-refractivity contribution in [1.29, 1.82) is 0 Å². The smallest absolute Gasteiger partial charge is 0.0721 e. The lowest BCUT2D eigenvalue weighted by Crippen LogP contribution is -1.92. The summed E-state index contributed by atoms with van der Waals surface area (Å²) < 4.78 is 0. The summed E-state index contributed by atoms with van der Waals surface area (Å²) in [5.74, 6) is 0. The molecule has 0 amide bonds. The Morgan fingerprint density at radius 3 is 1.23 bits per heavy atom. The van der Waals surface area contributed by atoms with Crippen molar-refractivity contribution in [3.05, 3.63) is 107 Å². The average Bonchev–Trinajstić information content (AvgIpc) is 2.72. The van der Waals surface area contributed by atoms with Crippen molar-refractivity contribution in [2.45, 2.75) is 25.9 Å². The van der Waals surface area contributed by atoms with E-state index < -0.39 is 0 Å². The normalized spacial score (nSPS) is 13.9. The zero-order valence-corrected chi connectivity index (χ0v) is 15.3. The Labute approximate surface area is 156 Å². The molecule has 0 aliphatic rings. The first-order valence-corrected chi connectivity index (χ1v) is 8.98. The van der Waals surface area contributed by atoms with Crippen LogP contribution in [-0.2, 0) is 0 Å². The molecule has 3 aromatic carbocycles. The van der Waals surface area contributed by atoms with Gasteiger partial charge in [-0.25, -0.2) is 0 Å². The number of benzene rings is 3. The van der Waals surface area contributed by atoms with E-state index >= 15 is 0 Å². The summed E-state index contributed by atoms with van der Waals surface area (Å²) >= 11 is 0. The molecule has 0 unspecified atom stereocenters. The molecular formula is C24H24N2. The summed E-state index contributed by atoms with van der Waals surface area (Å²) in [4.78, 5) is 9.30. The predicted molar refractivity (Wildman–Crippen MR) is 111 cm³/mol. The van der Waals surface area contributed by atoms with Crippen LogP contribution in [-0.4, -0.2) is 12.4 Å². The van der Waals surface area contributed by atoms with Crippen LogP contribution in [0.1, 0.15) is 48.2 Å². The van der Waals surface area contributed by atoms with Gasteiger partial charge in [-0.15, -0.1) is 0 Å². The van der Waals surface area contributed by atoms with Crippen LogP contribution in [0.4, 0.5) is 0 Å². The van der Waals surface area contributed by atoms with Gasteiger partial charge in [-0.1, -0.05) is 84.9 Å². The van der Waals surface area contributed by atoms with Gasteiger partial charge in [0.05, 0.1) is 12.1 Å². The minimum Gasteiger partial charge on any atom is -0.285 e. The van der Waals surface area contributed by atoms with Gasteiger partial charge < -0.3 is 0 Å². The highest BCUT2D eigenvalue weighted by Gasteiger charge is 2.01. The molecule has 0 fully saturated rings. The van der Waals surface area contributed by atoms with Crippen LogP contribution in [0.25, 0.3) is 0 Å². The molecule has 0 heterocycles. The highest BCUT2D eigenvalue weighted by atomic mass is 14.8. The standard InChI is InChI=1S/C24H24N2/c1-19(23-9-5-3-6-10-23)25-17-21-13-15-22(16-14-21)18-26-20(2)24-11-7-4-8-12-24/h3-20H,1-2H3/t19-,20-/m0/s1. The first kappa shape index (κ1) is 17.8. The second-order valence-electron chi connectivity index (χ2n) is 6.40. The Morgan fingerprint density at radius 1 is 0.538 bits per heavy atom. The van der Waals surface area contributed by atoms with E-state index in [9.17, 15) is 0 Å². The third-order valence-electron chi connectivity index (χ3n) is 4.39. The van der Waals surface area contributed by atoms with Gasteiger partial charge in [0.15, 0.2) is 0 Å². The van der Waals surface area contributed by atoms with Gasteiger partial charge in [-0.05, 0) is 36.1 Å². The van der Waals surface area contributed by atoms with Crippen LogP contribution in [0.2, 0.25) is 0 Å². The Morgan fingerprint density at radius 2 is 0.885 bits per heavy atom. The fourth-order valence-electron chi connectivity index (χ4n) is 2.70. The largest absolute Gasteiger partial charge is 0.285 e. The van der Waals surface area contributed by atoms with Gasteiger partial charge in [0, 0.05) is 12.4 Å². The zero-order valence-electron chi connectivity index (χ0n) is 15.3. The molecule has 2 heteroatoms. The van der Waals surface area contributed by atoms with Gasteiger partial charge in [0.1, 0.15) is 0 Å². The Bertz CT molecular complexity index is 775. The van der Waals surface area contributed by atoms with Gasteiger partial charge >= 0.3 is 0 Å². The quantitative estimate of drug-likeness (QED) is 0.488. The molecule has 0 aromatic heterocycles. The lowest BCUT2D eigenvalue weighted by Gasteiger charge is -2.06. The van der Waals surface area contributed by atoms with Gasteiger partial charge in [0.2, 0.25) is 0 Å². The van der Waals surface area contributed by atoms with Crippen LogP contribution in [0.15, 0.2) is 94.9 Å². The molecule has 0 aliphatic carbocycles. The minimum absolute atomic E-state index is 0.157. The molecule has 3 aromatic rings. The van der Waals surface area contributed by atoms with Crippen LogP contribution in [0.3, 0.4) is 0 Å². The molecule has 0 bridgehead atoms. The summed E-state index contributed by atoms with van der Waals surface area (Å²) in [6.45, 7) is 4.22. The van der Waals surface area contributed by atoms with E-state index in [0.717, 1.165) is 11.1 Å². The van der Waals surface area contributed by atoms with Gasteiger partial charge in [-0.2, -0.15) is 0 Å². The summed E-state index contributed by atoms with van der Waals surface area (Å²) in [5.41, 5.74) is 4.65. The van der Waals surface area contributed by atoms with Crippen LogP contribution in [0.5, 0.6) is 0 Å². The van der Waals surface area contributed by atoms with Crippen molar-refractivity contribution >= 4 is 12.4 Å². The maximum atomic E-state index is 4.65. The van der Waals surface area contributed by atoms with E-state index in [1.165, 1.54) is 11.1 Å². The second kappa shape index (κ2) is 8.91.